The van der Waals surface area contributed by atoms with Crippen LogP contribution in [0.25, 0.3) is 11.1 Å². The quantitative estimate of drug-likeness (QED) is 0.131. The highest BCUT2D eigenvalue weighted by molar-refractivity contribution is 6.04. The molecule has 0 spiro atoms. The van der Waals surface area contributed by atoms with Gasteiger partial charge in [-0.25, -0.2) is 19.2 Å². The van der Waals surface area contributed by atoms with Gasteiger partial charge in [0, 0.05) is 11.1 Å². The summed E-state index contributed by atoms with van der Waals surface area (Å²) in [7, 11) is 0. The van der Waals surface area contributed by atoms with Crippen molar-refractivity contribution in [1.82, 2.24) is 0 Å². The van der Waals surface area contributed by atoms with Crippen LogP contribution in [0.3, 0.4) is 0 Å². The van der Waals surface area contributed by atoms with E-state index in [1.165, 1.54) is 36.4 Å². The lowest BCUT2D eigenvalue weighted by Gasteiger charge is -2.21. The zero-order chi connectivity index (χ0) is 34.1. The van der Waals surface area contributed by atoms with Crippen LogP contribution in [-0.4, -0.2) is 44.3 Å². The third-order valence-corrected chi connectivity index (χ3v) is 6.29. The molecule has 4 aromatic carbocycles. The van der Waals surface area contributed by atoms with E-state index in [2.05, 4.69) is 0 Å². The van der Waals surface area contributed by atoms with Crippen LogP contribution >= 0.6 is 0 Å². The maximum Gasteiger partial charge on any atom is 0.420 e. The predicted molar refractivity (Wildman–Crippen MR) is 143 cm³/mol. The van der Waals surface area contributed by atoms with Crippen LogP contribution in [0.15, 0.2) is 72.8 Å². The van der Waals surface area contributed by atoms with Crippen molar-refractivity contribution in [2.24, 2.45) is 0 Å². The van der Waals surface area contributed by atoms with Crippen LogP contribution in [0.1, 0.15) is 52.6 Å². The van der Waals surface area contributed by atoms with Crippen molar-refractivity contribution in [3.05, 3.63) is 106 Å². The minimum Gasteiger partial charge on any atom is -0.478 e. The molecular formula is C30H16F6O10. The first-order valence-electron chi connectivity index (χ1n) is 12.4. The molecule has 0 radical (unpaired) electrons. The molecule has 4 rings (SSSR count). The Morgan fingerprint density at radius 2 is 0.783 bits per heavy atom. The third kappa shape index (κ3) is 6.40. The van der Waals surface area contributed by atoms with Gasteiger partial charge in [0.2, 0.25) is 0 Å². The molecule has 0 aliphatic carbocycles. The van der Waals surface area contributed by atoms with Gasteiger partial charge >= 0.3 is 36.2 Å². The molecule has 0 aromatic heterocycles. The van der Waals surface area contributed by atoms with E-state index in [0.717, 1.165) is 12.1 Å². The highest BCUT2D eigenvalue weighted by Gasteiger charge is 2.43. The second kappa shape index (κ2) is 12.1. The molecule has 0 heterocycles. The highest BCUT2D eigenvalue weighted by atomic mass is 19.4. The predicted octanol–water partition coefficient (Wildman–Crippen LogP) is 7.77. The number of halogens is 6. The lowest BCUT2D eigenvalue weighted by molar-refractivity contribution is -0.139. The van der Waals surface area contributed by atoms with Crippen LogP contribution in [0.5, 0.6) is 23.0 Å². The van der Waals surface area contributed by atoms with Crippen LogP contribution in [0.4, 0.5) is 26.3 Å². The van der Waals surface area contributed by atoms with Gasteiger partial charge in [-0.15, -0.1) is 0 Å². The van der Waals surface area contributed by atoms with Crippen LogP contribution in [0.2, 0.25) is 0 Å². The average Bonchev–Trinajstić information content (AvgIpc) is 2.95. The van der Waals surface area contributed by atoms with E-state index in [1.807, 2.05) is 0 Å². The van der Waals surface area contributed by atoms with E-state index in [9.17, 15) is 65.9 Å². The van der Waals surface area contributed by atoms with Crippen molar-refractivity contribution < 1.29 is 75.4 Å². The first-order valence-corrected chi connectivity index (χ1v) is 12.4. The summed E-state index contributed by atoms with van der Waals surface area (Å²) in [6.07, 6.45) is -10.9. The number of hydrogen-bond donors (Lipinski definition) is 4. The zero-order valence-electron chi connectivity index (χ0n) is 22.4. The Hall–Kier alpha value is -6.06. The summed E-state index contributed by atoms with van der Waals surface area (Å²) in [6.45, 7) is 0. The lowest BCUT2D eigenvalue weighted by Crippen LogP contribution is -2.19. The van der Waals surface area contributed by atoms with Crippen molar-refractivity contribution in [2.75, 3.05) is 0 Å². The number of alkyl halides is 6. The summed E-state index contributed by atoms with van der Waals surface area (Å²) in [5.41, 5.74) is -9.61. The number of carbonyl (C=O) groups is 4. The molecule has 0 saturated heterocycles. The Morgan fingerprint density at radius 3 is 1.07 bits per heavy atom. The molecule has 10 nitrogen and oxygen atoms in total. The van der Waals surface area contributed by atoms with Crippen molar-refractivity contribution in [1.29, 1.82) is 0 Å². The summed E-state index contributed by atoms with van der Waals surface area (Å²) < 4.78 is 95.7. The molecule has 0 saturated carbocycles. The van der Waals surface area contributed by atoms with Gasteiger partial charge in [-0.05, 0) is 36.4 Å². The summed E-state index contributed by atoms with van der Waals surface area (Å²) in [4.78, 5) is 46.4. The number of carboxylic acid groups (broad SMARTS) is 4. The van der Waals surface area contributed by atoms with Gasteiger partial charge in [-0.3, -0.25) is 0 Å². The zero-order valence-corrected chi connectivity index (χ0v) is 22.4. The van der Waals surface area contributed by atoms with Gasteiger partial charge in [-0.2, -0.15) is 26.3 Å². The SMILES string of the molecule is O=C(O)c1ccc(Oc2ccccc2-c2ccccc2Oc2ccc(C(=O)O)c(C(=O)O)c2C(F)(F)F)c(C(F)(F)F)c1C(=O)O. The van der Waals surface area contributed by atoms with E-state index in [4.69, 9.17) is 9.47 Å². The smallest absolute Gasteiger partial charge is 0.420 e. The molecule has 16 heteroatoms. The maximum absolute atomic E-state index is 14.1. The number of carboxylic acids is 4. The van der Waals surface area contributed by atoms with Crippen molar-refractivity contribution in [3.8, 4) is 34.1 Å². The van der Waals surface area contributed by atoms with E-state index in [0.29, 0.717) is 24.3 Å². The van der Waals surface area contributed by atoms with Gasteiger partial charge in [0.1, 0.15) is 34.1 Å². The van der Waals surface area contributed by atoms with Gasteiger partial charge in [0.15, 0.2) is 0 Å². The molecule has 0 atom stereocenters. The number of para-hydroxylation sites is 2. The summed E-state index contributed by atoms with van der Waals surface area (Å²) in [5.74, 6) is -11.4. The van der Waals surface area contributed by atoms with E-state index in [-0.39, 0.29) is 11.1 Å². The lowest BCUT2D eigenvalue weighted by atomic mass is 9.98. The number of ether oxygens (including phenoxy) is 2. The number of hydrogen-bond acceptors (Lipinski definition) is 6. The third-order valence-electron chi connectivity index (χ3n) is 6.29. The van der Waals surface area contributed by atoms with Crippen LogP contribution in [0, 0.1) is 0 Å². The Balaban J connectivity index is 1.90. The minimum atomic E-state index is -5.43. The fourth-order valence-corrected chi connectivity index (χ4v) is 4.49. The number of rotatable bonds is 9. The van der Waals surface area contributed by atoms with E-state index >= 15 is 0 Å². The fourth-order valence-electron chi connectivity index (χ4n) is 4.49. The molecule has 0 aliphatic rings. The Labute approximate surface area is 252 Å². The van der Waals surface area contributed by atoms with Gasteiger partial charge < -0.3 is 29.9 Å². The fraction of sp³-hybridized carbons (Fsp3) is 0.0667. The normalized spacial score (nSPS) is 11.5. The first kappa shape index (κ1) is 32.8. The molecular weight excluding hydrogens is 634 g/mol. The molecule has 0 bridgehead atoms. The number of benzene rings is 4. The summed E-state index contributed by atoms with van der Waals surface area (Å²) in [5, 5.41) is 37.5. The molecule has 4 N–H and O–H groups in total. The summed E-state index contributed by atoms with van der Waals surface area (Å²) >= 11 is 0. The second-order valence-corrected chi connectivity index (χ2v) is 9.14. The molecule has 46 heavy (non-hydrogen) atoms. The number of aromatic carboxylic acids is 4. The van der Waals surface area contributed by atoms with Gasteiger partial charge in [0.25, 0.3) is 0 Å². The molecule has 0 unspecified atom stereocenters. The Morgan fingerprint density at radius 1 is 0.457 bits per heavy atom. The van der Waals surface area contributed by atoms with Crippen molar-refractivity contribution >= 4 is 23.9 Å². The average molecular weight is 650 g/mol. The van der Waals surface area contributed by atoms with Crippen LogP contribution < -0.4 is 9.47 Å². The maximum atomic E-state index is 14.1. The topological polar surface area (TPSA) is 168 Å². The molecule has 4 aromatic rings. The highest BCUT2D eigenvalue weighted by Crippen LogP contribution is 2.47. The largest absolute Gasteiger partial charge is 0.478 e. The standard InChI is InChI=1S/C30H16F6O10/c31-29(32,33)23-19(11-9-15(25(37)38)21(23)27(41)42)45-17-7-3-1-5-13(17)14-6-2-4-8-18(14)46-20-12-10-16(26(39)40)22(28(43)44)24(20)30(34,35)36/h1-12H,(H,37,38)(H,39,40)(H,41,42)(H,43,44). The van der Waals surface area contributed by atoms with Crippen molar-refractivity contribution in [3.63, 3.8) is 0 Å². The van der Waals surface area contributed by atoms with Gasteiger partial charge in [-0.1, -0.05) is 36.4 Å². The van der Waals surface area contributed by atoms with Crippen LogP contribution in [-0.2, 0) is 12.4 Å². The van der Waals surface area contributed by atoms with Crippen molar-refractivity contribution in [2.45, 2.75) is 12.4 Å². The summed E-state index contributed by atoms with van der Waals surface area (Å²) in [6, 6.07) is 12.5. The molecule has 0 aliphatic heterocycles. The van der Waals surface area contributed by atoms with E-state index < -0.39 is 92.6 Å². The second-order valence-electron chi connectivity index (χ2n) is 9.14. The van der Waals surface area contributed by atoms with E-state index in [1.54, 1.807) is 0 Å². The molecule has 0 amide bonds. The first-order chi connectivity index (χ1) is 21.4. The monoisotopic (exact) mass is 650 g/mol. The Bertz CT molecular complexity index is 1760. The van der Waals surface area contributed by atoms with Gasteiger partial charge in [0.05, 0.1) is 22.3 Å². The Kier molecular flexibility index (Phi) is 8.67. The molecule has 238 valence electrons. The molecule has 0 fully saturated rings. The minimum absolute atomic E-state index is 0.111.